The predicted octanol–water partition coefficient (Wildman–Crippen LogP) is 2.02. The lowest BCUT2D eigenvalue weighted by Gasteiger charge is -2.27. The van der Waals surface area contributed by atoms with Crippen LogP contribution in [-0.2, 0) is 9.47 Å². The Hall–Kier alpha value is -1.46. The molecule has 0 spiro atoms. The second-order valence-corrected chi connectivity index (χ2v) is 3.67. The van der Waals surface area contributed by atoms with Crippen molar-refractivity contribution in [3.63, 3.8) is 0 Å². The van der Waals surface area contributed by atoms with Crippen LogP contribution in [0.15, 0.2) is 0 Å². The molecule has 0 saturated heterocycles. The standard InChI is InChI=1S/C12H24N2O4/c1-5-6-12(4,7-17-10(13)15)8-18-11(16)14-9(2)3/h9H,5-8H2,1-4H3,(H2,13,15)(H,14,16)/i2D3,3D3,7D2,8D2. The molecule has 1 atom stereocenters. The van der Waals surface area contributed by atoms with Crippen LogP contribution >= 0.6 is 0 Å². The fourth-order valence-electron chi connectivity index (χ4n) is 1.09. The van der Waals surface area contributed by atoms with Crippen molar-refractivity contribution < 1.29 is 32.8 Å². The van der Waals surface area contributed by atoms with Gasteiger partial charge >= 0.3 is 12.2 Å². The Morgan fingerprint density at radius 2 is 2.06 bits per heavy atom. The molecule has 0 aromatic carbocycles. The Morgan fingerprint density at radius 1 is 1.44 bits per heavy atom. The highest BCUT2D eigenvalue weighted by molar-refractivity contribution is 5.67. The molecule has 0 fully saturated rings. The van der Waals surface area contributed by atoms with E-state index in [1.165, 1.54) is 0 Å². The van der Waals surface area contributed by atoms with Gasteiger partial charge in [-0.05, 0) is 20.1 Å². The maximum atomic E-state index is 12.0. The van der Waals surface area contributed by atoms with Gasteiger partial charge in [0.25, 0.3) is 0 Å². The number of hydrogen-bond acceptors (Lipinski definition) is 4. The molecule has 0 aromatic heterocycles. The molecular formula is C12H24N2O4. The monoisotopic (exact) mass is 270 g/mol. The number of rotatable bonds is 7. The third-order valence-electron chi connectivity index (χ3n) is 1.76. The normalized spacial score (nSPS) is 25.1. The van der Waals surface area contributed by atoms with E-state index in [2.05, 4.69) is 9.47 Å². The van der Waals surface area contributed by atoms with Gasteiger partial charge in [0, 0.05) is 19.7 Å². The number of nitrogens with two attached hydrogens (primary N) is 1. The highest BCUT2D eigenvalue weighted by Crippen LogP contribution is 2.24. The van der Waals surface area contributed by atoms with Gasteiger partial charge < -0.3 is 20.5 Å². The van der Waals surface area contributed by atoms with Crippen LogP contribution in [0.4, 0.5) is 9.59 Å². The van der Waals surface area contributed by atoms with E-state index in [1.807, 2.05) is 0 Å². The Labute approximate surface area is 122 Å². The minimum atomic E-state index is -3.15. The molecule has 6 heteroatoms. The van der Waals surface area contributed by atoms with Gasteiger partial charge in [0.05, 0.1) is 5.48 Å². The third-order valence-corrected chi connectivity index (χ3v) is 1.76. The number of amides is 2. The Bertz CT molecular complexity index is 564. The first kappa shape index (κ1) is 6.12. The van der Waals surface area contributed by atoms with E-state index in [9.17, 15) is 9.59 Å². The molecule has 0 aliphatic rings. The molecule has 0 heterocycles. The van der Waals surface area contributed by atoms with Crippen molar-refractivity contribution in [2.24, 2.45) is 11.1 Å². The highest BCUT2D eigenvalue weighted by Gasteiger charge is 2.27. The summed E-state index contributed by atoms with van der Waals surface area (Å²) >= 11 is 0. The first-order valence-electron chi connectivity index (χ1n) is 10.2. The van der Waals surface area contributed by atoms with E-state index in [1.54, 1.807) is 12.2 Å². The first-order chi connectivity index (χ1) is 12.2. The van der Waals surface area contributed by atoms with Gasteiger partial charge in [-0.15, -0.1) is 0 Å². The SMILES string of the molecule is [2H]C([2H])([2H])C(NC(=O)OC([2H])([2H])C(C)(CCC)C([2H])([2H])OC(N)=O)C([2H])([2H])[2H]. The number of alkyl carbamates (subject to hydrolysis) is 1. The van der Waals surface area contributed by atoms with Crippen molar-refractivity contribution in [3.05, 3.63) is 0 Å². The molecule has 6 nitrogen and oxygen atoms in total. The smallest absolute Gasteiger partial charge is 0.407 e. The van der Waals surface area contributed by atoms with Gasteiger partial charge in [-0.3, -0.25) is 0 Å². The van der Waals surface area contributed by atoms with Gasteiger partial charge in [-0.1, -0.05) is 20.3 Å². The lowest BCUT2D eigenvalue weighted by molar-refractivity contribution is 0.0333. The van der Waals surface area contributed by atoms with E-state index in [0.717, 1.165) is 6.92 Å². The molecule has 3 N–H and O–H groups in total. The van der Waals surface area contributed by atoms with Gasteiger partial charge in [0.15, 0.2) is 0 Å². The number of carbonyl (C=O) groups excluding carboxylic acids is 2. The molecule has 0 aromatic rings. The Morgan fingerprint density at radius 3 is 2.56 bits per heavy atom. The van der Waals surface area contributed by atoms with Crippen molar-refractivity contribution >= 4 is 12.2 Å². The van der Waals surface area contributed by atoms with Crippen LogP contribution in [0.3, 0.4) is 0 Å². The first-order valence-corrected chi connectivity index (χ1v) is 5.19. The fraction of sp³-hybridized carbons (Fsp3) is 0.833. The predicted molar refractivity (Wildman–Crippen MR) is 68.2 cm³/mol. The van der Waals surface area contributed by atoms with Crippen LogP contribution in [0.5, 0.6) is 0 Å². The fourth-order valence-corrected chi connectivity index (χ4v) is 1.09. The molecular weight excluding hydrogens is 236 g/mol. The molecule has 0 rings (SSSR count). The van der Waals surface area contributed by atoms with Crippen molar-refractivity contribution in [3.8, 4) is 0 Å². The summed E-state index contributed by atoms with van der Waals surface area (Å²) in [7, 11) is 0. The van der Waals surface area contributed by atoms with E-state index >= 15 is 0 Å². The zero-order valence-corrected chi connectivity index (χ0v) is 10.2. The van der Waals surface area contributed by atoms with Gasteiger partial charge in [-0.2, -0.15) is 0 Å². The van der Waals surface area contributed by atoms with Crippen molar-refractivity contribution in [1.29, 1.82) is 0 Å². The molecule has 18 heavy (non-hydrogen) atoms. The van der Waals surface area contributed by atoms with Crippen LogP contribution < -0.4 is 11.1 Å². The summed E-state index contributed by atoms with van der Waals surface area (Å²) in [6, 6.07) is -2.35. The summed E-state index contributed by atoms with van der Waals surface area (Å²) in [4.78, 5) is 23.0. The highest BCUT2D eigenvalue weighted by atomic mass is 16.6. The number of ether oxygens (including phenoxy) is 2. The molecule has 0 aliphatic carbocycles. The number of nitrogens with one attached hydrogen (secondary N) is 1. The Kier molecular flexibility index (Phi) is 2.65. The molecule has 2 amide bonds. The summed E-state index contributed by atoms with van der Waals surface area (Å²) in [5, 5.41) is 1.58. The average molecular weight is 270 g/mol. The summed E-state index contributed by atoms with van der Waals surface area (Å²) in [5.41, 5.74) is 2.54. The summed E-state index contributed by atoms with van der Waals surface area (Å²) < 4.78 is 83.9. The summed E-state index contributed by atoms with van der Waals surface area (Å²) in [6.45, 7) is -9.90. The second kappa shape index (κ2) is 7.79. The number of carbonyl (C=O) groups is 2. The third kappa shape index (κ3) is 7.76. The lowest BCUT2D eigenvalue weighted by atomic mass is 9.87. The zero-order valence-electron chi connectivity index (χ0n) is 20.2. The number of primary amides is 1. The molecule has 0 aliphatic heterocycles. The van der Waals surface area contributed by atoms with Crippen molar-refractivity contribution in [1.82, 2.24) is 5.32 Å². The van der Waals surface area contributed by atoms with Crippen LogP contribution in [-0.4, -0.2) is 31.3 Å². The number of hydrogen-bond donors (Lipinski definition) is 2. The maximum Gasteiger partial charge on any atom is 0.407 e. The van der Waals surface area contributed by atoms with Crippen LogP contribution in [0.1, 0.15) is 54.1 Å². The molecule has 0 saturated carbocycles. The summed E-state index contributed by atoms with van der Waals surface area (Å²) in [5.74, 6) is 0. The molecule has 106 valence electrons. The second-order valence-electron chi connectivity index (χ2n) is 3.67. The van der Waals surface area contributed by atoms with Crippen molar-refractivity contribution in [2.75, 3.05) is 13.1 Å². The maximum absolute atomic E-state index is 12.0. The minimum Gasteiger partial charge on any atom is -0.449 e. The van der Waals surface area contributed by atoms with Crippen LogP contribution in [0, 0.1) is 5.41 Å². The van der Waals surface area contributed by atoms with E-state index in [4.69, 9.17) is 19.4 Å². The van der Waals surface area contributed by atoms with Gasteiger partial charge in [0.1, 0.15) is 13.1 Å². The van der Waals surface area contributed by atoms with Crippen molar-refractivity contribution in [2.45, 2.75) is 46.4 Å². The van der Waals surface area contributed by atoms with E-state index in [-0.39, 0.29) is 12.8 Å². The minimum absolute atomic E-state index is 0.176. The Balaban J connectivity index is 5.76. The molecule has 0 radical (unpaired) electrons. The summed E-state index contributed by atoms with van der Waals surface area (Å²) in [6.07, 6.45) is -3.37. The zero-order chi connectivity index (χ0) is 22.8. The largest absolute Gasteiger partial charge is 0.449 e. The quantitative estimate of drug-likeness (QED) is 0.740. The van der Waals surface area contributed by atoms with Gasteiger partial charge in [-0.25, -0.2) is 9.59 Å². The van der Waals surface area contributed by atoms with E-state index < -0.39 is 50.5 Å². The topological polar surface area (TPSA) is 90.7 Å². The van der Waals surface area contributed by atoms with Crippen LogP contribution in [0.2, 0.25) is 0 Å². The van der Waals surface area contributed by atoms with E-state index in [0.29, 0.717) is 0 Å². The van der Waals surface area contributed by atoms with Crippen LogP contribution in [0.25, 0.3) is 0 Å². The molecule has 1 unspecified atom stereocenters. The molecule has 0 bridgehead atoms. The lowest BCUT2D eigenvalue weighted by Crippen LogP contribution is -2.37. The average Bonchev–Trinajstić information content (AvgIpc) is 2.40. The van der Waals surface area contributed by atoms with Gasteiger partial charge in [0.2, 0.25) is 0 Å².